The number of aromatic nitrogens is 3. The van der Waals surface area contributed by atoms with E-state index in [0.717, 1.165) is 55.1 Å². The van der Waals surface area contributed by atoms with Gasteiger partial charge in [0, 0.05) is 40.7 Å². The van der Waals surface area contributed by atoms with Crippen LogP contribution in [0.2, 0.25) is 0 Å². The van der Waals surface area contributed by atoms with Crippen LogP contribution < -0.4 is 4.74 Å². The van der Waals surface area contributed by atoms with Crippen LogP contribution in [0.15, 0.2) is 48.0 Å². The van der Waals surface area contributed by atoms with Crippen molar-refractivity contribution in [3.63, 3.8) is 0 Å². The average molecular weight is 665 g/mol. The number of hydrogen-bond acceptors (Lipinski definition) is 7. The number of alkyl halides is 6. The number of rotatable bonds is 5. The molecule has 5 rings (SSSR count). The molecule has 0 aliphatic carbocycles. The number of ether oxygens (including phenoxy) is 1. The van der Waals surface area contributed by atoms with Gasteiger partial charge in [-0.1, -0.05) is 0 Å². The summed E-state index contributed by atoms with van der Waals surface area (Å²) in [7, 11) is 1.55. The zero-order chi connectivity index (χ0) is 33.5. The Morgan fingerprint density at radius 1 is 1.00 bits per heavy atom. The van der Waals surface area contributed by atoms with E-state index in [9.17, 15) is 30.7 Å². The monoisotopic (exact) mass is 664 g/mol. The van der Waals surface area contributed by atoms with E-state index in [2.05, 4.69) is 23.3 Å². The lowest BCUT2D eigenvalue weighted by Crippen LogP contribution is -2.32. The molecule has 0 unspecified atom stereocenters. The summed E-state index contributed by atoms with van der Waals surface area (Å²) in [5.41, 5.74) is 3.97. The van der Waals surface area contributed by atoms with E-state index in [1.807, 2.05) is 34.2 Å². The Labute approximate surface area is 255 Å². The zero-order valence-electron chi connectivity index (χ0n) is 23.7. The summed E-state index contributed by atoms with van der Waals surface area (Å²) in [5.74, 6) is -4.03. The largest absolute Gasteiger partial charge is 0.496 e. The van der Waals surface area contributed by atoms with Crippen molar-refractivity contribution in [3.8, 4) is 16.9 Å². The van der Waals surface area contributed by atoms with Gasteiger partial charge in [-0.3, -0.25) is 4.90 Å². The topological polar surface area (TPSA) is 117 Å². The minimum atomic E-state index is -5.08. The molecule has 0 radical (unpaired) electrons. The average Bonchev–Trinajstić information content (AvgIpc) is 3.58. The maximum absolute atomic E-state index is 13.6. The Kier molecular flexibility index (Phi) is 11.5. The zero-order valence-corrected chi connectivity index (χ0v) is 24.5. The number of thiophene rings is 1. The van der Waals surface area contributed by atoms with Crippen LogP contribution in [0.4, 0.5) is 30.7 Å². The number of carboxylic acids is 2. The maximum atomic E-state index is 13.6. The second-order valence-electron chi connectivity index (χ2n) is 9.72. The molecule has 2 N–H and O–H groups in total. The van der Waals surface area contributed by atoms with Crippen LogP contribution in [0.1, 0.15) is 35.0 Å². The van der Waals surface area contributed by atoms with Crippen LogP contribution >= 0.6 is 11.3 Å². The lowest BCUT2D eigenvalue weighted by Gasteiger charge is -2.30. The first-order chi connectivity index (χ1) is 21.0. The second-order valence-corrected chi connectivity index (χ2v) is 10.7. The predicted molar refractivity (Wildman–Crippen MR) is 149 cm³/mol. The van der Waals surface area contributed by atoms with Crippen molar-refractivity contribution < 1.29 is 55.3 Å². The first kappa shape index (κ1) is 35.2. The second kappa shape index (κ2) is 14.7. The van der Waals surface area contributed by atoms with Crippen LogP contribution in [-0.2, 0) is 16.1 Å². The van der Waals surface area contributed by atoms with Gasteiger partial charge in [0.05, 0.1) is 7.11 Å². The highest BCUT2D eigenvalue weighted by Crippen LogP contribution is 2.32. The number of methoxy groups -OCH3 is 1. The van der Waals surface area contributed by atoms with Gasteiger partial charge in [0.2, 0.25) is 0 Å². The third kappa shape index (κ3) is 9.87. The first-order valence-corrected chi connectivity index (χ1v) is 13.9. The quantitative estimate of drug-likeness (QED) is 0.231. The van der Waals surface area contributed by atoms with Crippen molar-refractivity contribution in [1.29, 1.82) is 0 Å². The van der Waals surface area contributed by atoms with Gasteiger partial charge >= 0.3 is 24.3 Å². The maximum Gasteiger partial charge on any atom is 0.490 e. The van der Waals surface area contributed by atoms with E-state index in [0.29, 0.717) is 11.7 Å². The number of carboxylic acid groups (broad SMARTS) is 2. The molecule has 0 bridgehead atoms. The van der Waals surface area contributed by atoms with E-state index in [4.69, 9.17) is 34.6 Å². The van der Waals surface area contributed by atoms with Gasteiger partial charge in [-0.15, -0.1) is 11.3 Å². The number of likely N-dealkylation sites (tertiary alicyclic amines) is 1. The predicted octanol–water partition coefficient (Wildman–Crippen LogP) is 6.56. The fourth-order valence-electron chi connectivity index (χ4n) is 4.25. The number of piperidine rings is 1. The van der Waals surface area contributed by atoms with E-state index >= 15 is 0 Å². The fraction of sp³-hybridized carbons (Fsp3) is 0.357. The highest BCUT2D eigenvalue weighted by Gasteiger charge is 2.38. The highest BCUT2D eigenvalue weighted by molar-refractivity contribution is 7.10. The molecule has 45 heavy (non-hydrogen) atoms. The summed E-state index contributed by atoms with van der Waals surface area (Å²) in [5, 5.41) is 21.2. The summed E-state index contributed by atoms with van der Waals surface area (Å²) >= 11 is 1.85. The molecule has 4 aromatic rings. The molecule has 0 atom stereocenters. The van der Waals surface area contributed by atoms with Gasteiger partial charge in [0.15, 0.2) is 11.5 Å². The summed E-state index contributed by atoms with van der Waals surface area (Å²) in [4.78, 5) is 26.6. The Balaban J connectivity index is 0.000000331. The first-order valence-electron chi connectivity index (χ1n) is 13.0. The van der Waals surface area contributed by atoms with E-state index < -0.39 is 24.3 Å². The van der Waals surface area contributed by atoms with Crippen molar-refractivity contribution in [2.75, 3.05) is 20.2 Å². The molecule has 3 aromatic heterocycles. The molecule has 1 aliphatic heterocycles. The minimum absolute atomic E-state index is 0.315. The number of benzene rings is 1. The number of pyridine rings is 1. The Morgan fingerprint density at radius 3 is 2.11 bits per heavy atom. The normalized spacial score (nSPS) is 14.2. The van der Waals surface area contributed by atoms with Gasteiger partial charge in [0.25, 0.3) is 0 Å². The molecule has 1 aliphatic rings. The van der Waals surface area contributed by atoms with Crippen molar-refractivity contribution in [3.05, 3.63) is 70.1 Å². The number of fused-ring (bicyclic) bond motifs is 1. The van der Waals surface area contributed by atoms with Crippen molar-refractivity contribution >= 4 is 28.9 Å². The molecule has 17 heteroatoms. The third-order valence-corrected chi connectivity index (χ3v) is 7.60. The highest BCUT2D eigenvalue weighted by atomic mass is 32.1. The Hall–Kier alpha value is -4.25. The van der Waals surface area contributed by atoms with E-state index in [-0.39, 0.29) is 5.82 Å². The molecule has 0 amide bonds. The molecule has 0 saturated carbocycles. The Morgan fingerprint density at radius 2 is 1.60 bits per heavy atom. The summed E-state index contributed by atoms with van der Waals surface area (Å²) < 4.78 is 84.2. The van der Waals surface area contributed by atoms with Gasteiger partial charge in [0.1, 0.15) is 11.6 Å². The lowest BCUT2D eigenvalue weighted by molar-refractivity contribution is -0.193. The molecule has 1 fully saturated rings. The SMILES string of the molecule is COc1cc(F)ccc1-c1ccc2nc(C3CCN(Cc4sccc4C)CC3)nn2c1.O=C(O)C(F)(F)F.O=C(O)C(F)(F)F. The lowest BCUT2D eigenvalue weighted by atomic mass is 9.96. The van der Waals surface area contributed by atoms with Crippen LogP contribution in [-0.4, -0.2) is 74.2 Å². The van der Waals surface area contributed by atoms with Crippen molar-refractivity contribution in [1.82, 2.24) is 19.5 Å². The fourth-order valence-corrected chi connectivity index (χ4v) is 5.20. The molecular formula is C28H27F7N4O5S. The van der Waals surface area contributed by atoms with Crippen molar-refractivity contribution in [2.24, 2.45) is 0 Å². The van der Waals surface area contributed by atoms with Crippen LogP contribution in [0.3, 0.4) is 0 Å². The number of halogens is 7. The summed E-state index contributed by atoms with van der Waals surface area (Å²) in [6.45, 7) is 5.36. The molecule has 1 aromatic carbocycles. The number of carbonyl (C=O) groups is 2. The van der Waals surface area contributed by atoms with Crippen LogP contribution in [0, 0.1) is 12.7 Å². The molecule has 1 saturated heterocycles. The van der Waals surface area contributed by atoms with Gasteiger partial charge in [-0.2, -0.15) is 31.4 Å². The number of aliphatic carboxylic acids is 2. The van der Waals surface area contributed by atoms with Crippen LogP contribution in [0.25, 0.3) is 16.8 Å². The number of aryl methyl sites for hydroxylation is 1. The standard InChI is InChI=1S/C24H25FN4OS.2C2HF3O2/c1-16-9-12-31-22(16)15-28-10-7-17(8-11-28)24-26-23-6-3-18(14-29(23)27-24)20-5-4-19(25)13-21(20)30-2;2*3-2(4,5)1(6)7/h3-6,9,12-14,17H,7-8,10-11,15H2,1-2H3;2*(H,6,7). The van der Waals surface area contributed by atoms with Gasteiger partial charge < -0.3 is 14.9 Å². The molecule has 244 valence electrons. The molecule has 9 nitrogen and oxygen atoms in total. The van der Waals surface area contributed by atoms with Crippen LogP contribution in [0.5, 0.6) is 5.75 Å². The number of nitrogens with zero attached hydrogens (tertiary/aromatic N) is 4. The summed E-state index contributed by atoms with van der Waals surface area (Å²) in [6, 6.07) is 10.7. The molecular weight excluding hydrogens is 637 g/mol. The summed E-state index contributed by atoms with van der Waals surface area (Å²) in [6.07, 6.45) is -6.09. The van der Waals surface area contributed by atoms with Gasteiger partial charge in [-0.25, -0.2) is 23.5 Å². The Bertz CT molecular complexity index is 1590. The number of hydrogen-bond donors (Lipinski definition) is 2. The third-order valence-electron chi connectivity index (χ3n) is 6.60. The molecule has 4 heterocycles. The smallest absolute Gasteiger partial charge is 0.490 e. The minimum Gasteiger partial charge on any atom is -0.496 e. The van der Waals surface area contributed by atoms with Gasteiger partial charge in [-0.05, 0) is 74.1 Å². The molecule has 0 spiro atoms. The van der Waals surface area contributed by atoms with E-state index in [1.54, 1.807) is 13.2 Å². The van der Waals surface area contributed by atoms with Crippen molar-refractivity contribution in [2.45, 2.75) is 44.6 Å². The van der Waals surface area contributed by atoms with E-state index in [1.165, 1.54) is 22.6 Å².